The Labute approximate surface area is 220 Å². The Morgan fingerprint density at radius 2 is 1.43 bits per heavy atom. The number of carbonyl (C=O) groups is 2. The molecular formula is C30H40N4O3. The van der Waals surface area contributed by atoms with Crippen molar-refractivity contribution in [1.29, 1.82) is 0 Å². The van der Waals surface area contributed by atoms with Crippen molar-refractivity contribution >= 4 is 11.8 Å². The monoisotopic (exact) mass is 504 g/mol. The number of benzene rings is 1. The number of fused-ring (bicyclic) bond motifs is 2. The van der Waals surface area contributed by atoms with E-state index in [1.165, 1.54) is 56.9 Å². The van der Waals surface area contributed by atoms with Crippen LogP contribution in [-0.4, -0.2) is 75.1 Å². The minimum Gasteiger partial charge on any atom is -0.380 e. The number of nitrogens with one attached hydrogen (secondary N) is 1. The Bertz CT molecular complexity index is 1060. The summed E-state index contributed by atoms with van der Waals surface area (Å²) < 4.78 is 0. The van der Waals surface area contributed by atoms with E-state index in [-0.39, 0.29) is 29.6 Å². The molecule has 6 rings (SSSR count). The van der Waals surface area contributed by atoms with Crippen molar-refractivity contribution in [2.75, 3.05) is 26.2 Å². The summed E-state index contributed by atoms with van der Waals surface area (Å²) in [6.45, 7) is 1.98. The predicted molar refractivity (Wildman–Crippen MR) is 143 cm³/mol. The van der Waals surface area contributed by atoms with E-state index in [0.29, 0.717) is 44.6 Å². The first-order valence-electron chi connectivity index (χ1n) is 14.3. The highest BCUT2D eigenvalue weighted by molar-refractivity contribution is 5.94. The van der Waals surface area contributed by atoms with Gasteiger partial charge in [0.2, 0.25) is 0 Å². The van der Waals surface area contributed by atoms with Crippen LogP contribution in [0.1, 0.15) is 86.2 Å². The van der Waals surface area contributed by atoms with E-state index in [2.05, 4.69) is 46.8 Å². The fourth-order valence-corrected chi connectivity index (χ4v) is 6.92. The van der Waals surface area contributed by atoms with Gasteiger partial charge >= 0.3 is 0 Å². The second kappa shape index (κ2) is 9.91. The molecule has 7 nitrogen and oxygen atoms in total. The summed E-state index contributed by atoms with van der Waals surface area (Å²) in [6, 6.07) is 8.47. The van der Waals surface area contributed by atoms with E-state index >= 15 is 0 Å². The summed E-state index contributed by atoms with van der Waals surface area (Å²) in [4.78, 5) is 31.8. The number of rotatable bonds is 3. The highest BCUT2D eigenvalue weighted by Crippen LogP contribution is 2.47. The van der Waals surface area contributed by atoms with E-state index in [1.807, 2.05) is 17.0 Å². The van der Waals surface area contributed by atoms with Crippen LogP contribution >= 0.6 is 0 Å². The summed E-state index contributed by atoms with van der Waals surface area (Å²) in [5, 5.41) is 14.1. The van der Waals surface area contributed by atoms with Crippen molar-refractivity contribution in [3.8, 4) is 0 Å². The van der Waals surface area contributed by atoms with Crippen molar-refractivity contribution in [2.24, 2.45) is 0 Å². The van der Waals surface area contributed by atoms with Crippen LogP contribution in [0.25, 0.3) is 0 Å². The minimum absolute atomic E-state index is 0.0172. The second-order valence-electron chi connectivity index (χ2n) is 11.6. The third kappa shape index (κ3) is 4.61. The van der Waals surface area contributed by atoms with Gasteiger partial charge in [-0.25, -0.2) is 0 Å². The summed E-state index contributed by atoms with van der Waals surface area (Å²) >= 11 is 0. The largest absolute Gasteiger partial charge is 0.380 e. The summed E-state index contributed by atoms with van der Waals surface area (Å²) in [6.07, 6.45) is 20.3. The lowest BCUT2D eigenvalue weighted by atomic mass is 9.77. The van der Waals surface area contributed by atoms with Gasteiger partial charge in [0.15, 0.2) is 0 Å². The summed E-state index contributed by atoms with van der Waals surface area (Å²) in [7, 11) is 0. The lowest BCUT2D eigenvalue weighted by Crippen LogP contribution is -2.53. The zero-order valence-corrected chi connectivity index (χ0v) is 21.8. The van der Waals surface area contributed by atoms with Crippen LogP contribution in [0, 0.1) is 0 Å². The van der Waals surface area contributed by atoms with Crippen LogP contribution in [0.4, 0.5) is 0 Å². The maximum atomic E-state index is 13.3. The van der Waals surface area contributed by atoms with Gasteiger partial charge in [0.05, 0.1) is 17.7 Å². The number of piperazine rings is 1. The number of carbonyl (C=O) groups excluding carboxylic acids is 2. The summed E-state index contributed by atoms with van der Waals surface area (Å²) in [5.74, 6) is -0.156. The van der Waals surface area contributed by atoms with Gasteiger partial charge in [-0.2, -0.15) is 0 Å². The van der Waals surface area contributed by atoms with Gasteiger partial charge in [0, 0.05) is 37.9 Å². The molecule has 0 aromatic heterocycles. The van der Waals surface area contributed by atoms with E-state index < -0.39 is 5.60 Å². The molecule has 0 radical (unpaired) electrons. The molecular weight excluding hydrogens is 464 g/mol. The average Bonchev–Trinajstić information content (AvgIpc) is 3.58. The third-order valence-corrected chi connectivity index (χ3v) is 9.28. The van der Waals surface area contributed by atoms with Crippen LogP contribution in [0.15, 0.2) is 48.7 Å². The molecule has 198 valence electrons. The molecule has 4 fully saturated rings. The van der Waals surface area contributed by atoms with E-state index in [4.69, 9.17) is 0 Å². The van der Waals surface area contributed by atoms with E-state index in [1.54, 1.807) is 4.90 Å². The van der Waals surface area contributed by atoms with Crippen molar-refractivity contribution in [3.63, 3.8) is 0 Å². The van der Waals surface area contributed by atoms with Crippen molar-refractivity contribution in [1.82, 2.24) is 20.0 Å². The molecule has 3 aliphatic heterocycles. The highest BCUT2D eigenvalue weighted by Gasteiger charge is 2.52. The Morgan fingerprint density at radius 3 is 2.08 bits per heavy atom. The third-order valence-electron chi connectivity index (χ3n) is 9.28. The highest BCUT2D eigenvalue weighted by atomic mass is 16.3. The molecule has 2 amide bonds. The van der Waals surface area contributed by atoms with Crippen LogP contribution in [0.3, 0.4) is 0 Å². The lowest BCUT2D eigenvalue weighted by Gasteiger charge is -2.43. The normalized spacial score (nSPS) is 28.4. The lowest BCUT2D eigenvalue weighted by molar-refractivity contribution is -0.143. The Hall–Kier alpha value is -2.64. The van der Waals surface area contributed by atoms with Gasteiger partial charge in [-0.1, -0.05) is 56.7 Å². The first kappa shape index (κ1) is 24.7. The van der Waals surface area contributed by atoms with Crippen molar-refractivity contribution in [2.45, 2.75) is 87.6 Å². The van der Waals surface area contributed by atoms with Crippen molar-refractivity contribution < 1.29 is 14.7 Å². The molecule has 5 aliphatic rings. The molecule has 7 heteroatoms. The van der Waals surface area contributed by atoms with Gasteiger partial charge in [-0.05, 0) is 55.5 Å². The molecule has 2 saturated carbocycles. The second-order valence-corrected chi connectivity index (χ2v) is 11.6. The van der Waals surface area contributed by atoms with Crippen molar-refractivity contribution in [3.05, 3.63) is 59.8 Å². The Morgan fingerprint density at radius 1 is 0.811 bits per heavy atom. The molecule has 2 unspecified atom stereocenters. The molecule has 2 aliphatic carbocycles. The van der Waals surface area contributed by atoms with Gasteiger partial charge < -0.3 is 19.8 Å². The first-order valence-corrected chi connectivity index (χ1v) is 14.3. The molecule has 3 heterocycles. The van der Waals surface area contributed by atoms with Gasteiger partial charge in [-0.15, -0.1) is 0 Å². The van der Waals surface area contributed by atoms with Crippen LogP contribution in [0.2, 0.25) is 0 Å². The summed E-state index contributed by atoms with van der Waals surface area (Å²) in [5.41, 5.74) is 0.864. The molecule has 2 N–H and O–H groups in total. The maximum Gasteiger partial charge on any atom is 0.254 e. The smallest absolute Gasteiger partial charge is 0.254 e. The molecule has 1 spiro atoms. The van der Waals surface area contributed by atoms with Crippen LogP contribution < -0.4 is 5.32 Å². The molecule has 1 aromatic carbocycles. The number of allylic oxidation sites excluding steroid dienone is 2. The number of hydrogen-bond donors (Lipinski definition) is 2. The predicted octanol–water partition coefficient (Wildman–Crippen LogP) is 3.73. The molecule has 37 heavy (non-hydrogen) atoms. The quantitative estimate of drug-likeness (QED) is 0.656. The molecule has 1 aromatic rings. The molecule has 0 bridgehead atoms. The van der Waals surface area contributed by atoms with E-state index in [0.717, 1.165) is 0 Å². The zero-order valence-electron chi connectivity index (χ0n) is 21.8. The number of nitrogens with zero attached hydrogens (tertiary/aromatic N) is 3. The maximum absolute atomic E-state index is 13.3. The first-order chi connectivity index (χ1) is 18.0. The standard InChI is InChI=1S/C30H40N4O3/c35-27(32-19-21-33(22-20-32)28(36)30(37)16-17-30)24-12-10-23(11-13-24)26-29(14-6-3-1-2-4-7-15-29)34-18-8-5-9-25(34)31-26/h5,8-13,18,25-26,31,37H,1-4,6-7,14-17,19-22H2. The number of hydrogen-bond acceptors (Lipinski definition) is 5. The Balaban J connectivity index is 1.17. The van der Waals surface area contributed by atoms with Gasteiger partial charge in [0.25, 0.3) is 11.8 Å². The fourth-order valence-electron chi connectivity index (χ4n) is 6.92. The SMILES string of the molecule is O=C(c1ccc(C2NC3C=CC=CN3C23CCCCCCCC3)cc1)N1CCN(C(=O)C2(O)CC2)CC1. The molecule has 2 atom stereocenters. The zero-order chi connectivity index (χ0) is 25.5. The van der Waals surface area contributed by atoms with E-state index in [9.17, 15) is 14.7 Å². The van der Waals surface area contributed by atoms with Crippen LogP contribution in [0.5, 0.6) is 0 Å². The Kier molecular flexibility index (Phi) is 6.61. The van der Waals surface area contributed by atoms with Gasteiger partial charge in [0.1, 0.15) is 5.60 Å². The number of amides is 2. The van der Waals surface area contributed by atoms with Crippen LogP contribution in [-0.2, 0) is 4.79 Å². The van der Waals surface area contributed by atoms with Gasteiger partial charge in [-0.3, -0.25) is 14.9 Å². The fraction of sp³-hybridized carbons (Fsp3) is 0.600. The molecule has 2 saturated heterocycles. The average molecular weight is 505 g/mol. The minimum atomic E-state index is -1.14. The topological polar surface area (TPSA) is 76.1 Å². The number of aliphatic hydroxyl groups is 1.